The number of thiophene rings is 1. The second-order valence-electron chi connectivity index (χ2n) is 3.96. The Hall–Kier alpha value is -0.770. The Labute approximate surface area is 124 Å². The molecule has 0 aliphatic carbocycles. The van der Waals surface area contributed by atoms with E-state index in [-0.39, 0.29) is 9.63 Å². The molecule has 2 heterocycles. The molecule has 0 radical (unpaired) electrons. The first-order valence-electron chi connectivity index (χ1n) is 5.47. The van der Waals surface area contributed by atoms with Crippen LogP contribution in [0.4, 0.5) is 0 Å². The smallest absolute Gasteiger partial charge is 0.235 e. The highest BCUT2D eigenvalue weighted by molar-refractivity contribution is 9.10. The molecule has 0 fully saturated rings. The Morgan fingerprint density at radius 1 is 1.53 bits per heavy atom. The quantitative estimate of drug-likeness (QED) is 0.806. The molecule has 0 unspecified atom stereocenters. The van der Waals surface area contributed by atoms with E-state index in [0.29, 0.717) is 13.0 Å². The van der Waals surface area contributed by atoms with E-state index in [1.54, 1.807) is 25.4 Å². The maximum atomic E-state index is 12.4. The van der Waals surface area contributed by atoms with Crippen LogP contribution in [-0.2, 0) is 23.5 Å². The average Bonchev–Trinajstić information content (AvgIpc) is 2.96. The Balaban J connectivity index is 2.16. The third-order valence-electron chi connectivity index (χ3n) is 2.64. The molecule has 0 atom stereocenters. The summed E-state index contributed by atoms with van der Waals surface area (Å²) in [6, 6.07) is 3.95. The van der Waals surface area contributed by atoms with Crippen LogP contribution in [-0.4, -0.2) is 41.3 Å². The van der Waals surface area contributed by atoms with Gasteiger partial charge in [0.1, 0.15) is 0 Å². The van der Waals surface area contributed by atoms with Gasteiger partial charge >= 0.3 is 0 Å². The predicted molar refractivity (Wildman–Crippen MR) is 76.5 cm³/mol. The minimum absolute atomic E-state index is 0.0705. The van der Waals surface area contributed by atoms with E-state index in [1.165, 1.54) is 8.99 Å². The molecule has 104 valence electrons. The van der Waals surface area contributed by atoms with Gasteiger partial charge in [-0.15, -0.1) is 16.4 Å². The highest BCUT2D eigenvalue weighted by atomic mass is 79.9. The Kier molecular flexibility index (Phi) is 4.39. The van der Waals surface area contributed by atoms with Crippen molar-refractivity contribution < 1.29 is 8.42 Å². The highest BCUT2D eigenvalue weighted by Crippen LogP contribution is 2.21. The van der Waals surface area contributed by atoms with Gasteiger partial charge in [0.15, 0.2) is 4.60 Å². The molecule has 0 saturated heterocycles. The zero-order valence-electron chi connectivity index (χ0n) is 10.4. The molecule has 2 rings (SSSR count). The number of aromatic nitrogens is 3. The molecule has 9 heteroatoms. The van der Waals surface area contributed by atoms with Crippen LogP contribution in [0, 0.1) is 0 Å². The van der Waals surface area contributed by atoms with Crippen molar-refractivity contribution in [2.75, 3.05) is 13.6 Å². The van der Waals surface area contributed by atoms with Gasteiger partial charge in [0, 0.05) is 25.5 Å². The summed E-state index contributed by atoms with van der Waals surface area (Å²) in [4.78, 5) is 1.16. The van der Waals surface area contributed by atoms with Crippen molar-refractivity contribution >= 4 is 37.3 Å². The fraction of sp³-hybridized carbons (Fsp3) is 0.400. The summed E-state index contributed by atoms with van der Waals surface area (Å²) in [5.74, 6) is 0. The van der Waals surface area contributed by atoms with Crippen molar-refractivity contribution in [3.63, 3.8) is 0 Å². The first-order chi connectivity index (χ1) is 8.93. The molecule has 0 aromatic carbocycles. The van der Waals surface area contributed by atoms with Crippen LogP contribution in [0.25, 0.3) is 0 Å². The first-order valence-corrected chi connectivity index (χ1v) is 8.58. The van der Waals surface area contributed by atoms with Crippen LogP contribution in [0.2, 0.25) is 0 Å². The van der Waals surface area contributed by atoms with Crippen LogP contribution in [0.1, 0.15) is 4.88 Å². The number of nitrogens with zero attached hydrogens (tertiary/aromatic N) is 4. The zero-order chi connectivity index (χ0) is 14.0. The van der Waals surface area contributed by atoms with E-state index < -0.39 is 10.0 Å². The lowest BCUT2D eigenvalue weighted by Gasteiger charge is -2.16. The molecule has 0 aliphatic heterocycles. The molecule has 19 heavy (non-hydrogen) atoms. The minimum atomic E-state index is -3.58. The zero-order valence-corrected chi connectivity index (χ0v) is 13.7. The Morgan fingerprint density at radius 3 is 2.79 bits per heavy atom. The minimum Gasteiger partial charge on any atom is -0.235 e. The predicted octanol–water partition coefficient (Wildman–Crippen LogP) is 1.50. The summed E-state index contributed by atoms with van der Waals surface area (Å²) < 4.78 is 27.6. The van der Waals surface area contributed by atoms with Crippen molar-refractivity contribution in [3.05, 3.63) is 27.0 Å². The molecule has 0 saturated carbocycles. The number of halogens is 1. The third-order valence-corrected chi connectivity index (χ3v) is 6.33. The number of sulfonamides is 1. The summed E-state index contributed by atoms with van der Waals surface area (Å²) in [5, 5.41) is 9.44. The lowest BCUT2D eigenvalue weighted by Crippen LogP contribution is -2.30. The lowest BCUT2D eigenvalue weighted by molar-refractivity contribution is 0.463. The summed E-state index contributed by atoms with van der Waals surface area (Å²) in [6.45, 7) is 0.417. The van der Waals surface area contributed by atoms with Gasteiger partial charge < -0.3 is 0 Å². The van der Waals surface area contributed by atoms with E-state index in [9.17, 15) is 8.42 Å². The van der Waals surface area contributed by atoms with Gasteiger partial charge in [-0.25, -0.2) is 13.1 Å². The van der Waals surface area contributed by atoms with Crippen LogP contribution in [0.5, 0.6) is 0 Å². The molecule has 2 aromatic rings. The van der Waals surface area contributed by atoms with Crippen LogP contribution >= 0.6 is 27.3 Å². The SMILES string of the molecule is CN(CCc1cccs1)S(=O)(=O)c1c(Br)nnn1C. The molecule has 0 spiro atoms. The molecule has 0 aliphatic rings. The Morgan fingerprint density at radius 2 is 2.26 bits per heavy atom. The number of aryl methyl sites for hydroxylation is 1. The van der Waals surface area contributed by atoms with Gasteiger partial charge in [0.05, 0.1) is 0 Å². The van der Waals surface area contributed by atoms with Gasteiger partial charge in [0.25, 0.3) is 10.0 Å². The van der Waals surface area contributed by atoms with Gasteiger partial charge in [-0.1, -0.05) is 11.3 Å². The second-order valence-corrected chi connectivity index (χ2v) is 7.71. The van der Waals surface area contributed by atoms with Crippen LogP contribution < -0.4 is 0 Å². The average molecular weight is 365 g/mol. The number of hydrogen-bond donors (Lipinski definition) is 0. The number of hydrogen-bond acceptors (Lipinski definition) is 5. The monoisotopic (exact) mass is 364 g/mol. The van der Waals surface area contributed by atoms with Gasteiger partial charge in [0.2, 0.25) is 5.03 Å². The van der Waals surface area contributed by atoms with Crippen LogP contribution in [0.15, 0.2) is 27.1 Å². The molecule has 0 amide bonds. The van der Waals surface area contributed by atoms with Crippen molar-refractivity contribution in [1.82, 2.24) is 19.3 Å². The van der Waals surface area contributed by atoms with E-state index in [2.05, 4.69) is 26.2 Å². The highest BCUT2D eigenvalue weighted by Gasteiger charge is 2.28. The number of likely N-dealkylation sites (N-methyl/N-ethyl adjacent to an activating group) is 1. The fourth-order valence-corrected chi connectivity index (χ4v) is 4.48. The fourth-order valence-electron chi connectivity index (χ4n) is 1.59. The first kappa shape index (κ1) is 14.6. The van der Waals surface area contributed by atoms with Crippen molar-refractivity contribution in [2.45, 2.75) is 11.4 Å². The van der Waals surface area contributed by atoms with E-state index in [0.717, 1.165) is 4.88 Å². The van der Waals surface area contributed by atoms with Crippen molar-refractivity contribution in [3.8, 4) is 0 Å². The van der Waals surface area contributed by atoms with E-state index in [4.69, 9.17) is 0 Å². The summed E-state index contributed by atoms with van der Waals surface area (Å²) >= 11 is 4.73. The number of rotatable bonds is 5. The maximum Gasteiger partial charge on any atom is 0.262 e. The molecule has 0 bridgehead atoms. The molecular weight excluding hydrogens is 352 g/mol. The van der Waals surface area contributed by atoms with E-state index in [1.807, 2.05) is 17.5 Å². The van der Waals surface area contributed by atoms with Crippen molar-refractivity contribution in [1.29, 1.82) is 0 Å². The molecule has 0 N–H and O–H groups in total. The van der Waals surface area contributed by atoms with Crippen molar-refractivity contribution in [2.24, 2.45) is 7.05 Å². The molecular formula is C10H13BrN4O2S2. The van der Waals surface area contributed by atoms with E-state index >= 15 is 0 Å². The molecule has 2 aromatic heterocycles. The van der Waals surface area contributed by atoms with Gasteiger partial charge in [-0.2, -0.15) is 4.31 Å². The third kappa shape index (κ3) is 3.04. The Bertz CT molecular complexity index is 632. The van der Waals surface area contributed by atoms with Gasteiger partial charge in [-0.05, 0) is 33.8 Å². The van der Waals surface area contributed by atoms with Crippen LogP contribution in [0.3, 0.4) is 0 Å². The largest absolute Gasteiger partial charge is 0.262 e. The standard InChI is InChI=1S/C10H13BrN4O2S2/c1-14(6-5-8-4-3-7-18-8)19(16,17)10-9(11)12-13-15(10)2/h3-4,7H,5-6H2,1-2H3. The topological polar surface area (TPSA) is 68.1 Å². The summed E-state index contributed by atoms with van der Waals surface area (Å²) in [6.07, 6.45) is 0.691. The second kappa shape index (κ2) is 5.70. The summed E-state index contributed by atoms with van der Waals surface area (Å²) in [5.41, 5.74) is 0. The maximum absolute atomic E-state index is 12.4. The lowest BCUT2D eigenvalue weighted by atomic mass is 10.3. The summed E-state index contributed by atoms with van der Waals surface area (Å²) in [7, 11) is -0.470. The van der Waals surface area contributed by atoms with Gasteiger partial charge in [-0.3, -0.25) is 0 Å². The molecule has 6 nitrogen and oxygen atoms in total. The normalized spacial score (nSPS) is 12.2.